The van der Waals surface area contributed by atoms with Gasteiger partial charge >= 0.3 is 5.97 Å². The molecular formula is C11H14N2O3. The van der Waals surface area contributed by atoms with Crippen LogP contribution in [-0.4, -0.2) is 40.7 Å². The molecule has 1 atom stereocenters. The fraction of sp³-hybridized carbons (Fsp3) is 0.455. The Morgan fingerprint density at radius 3 is 2.81 bits per heavy atom. The summed E-state index contributed by atoms with van der Waals surface area (Å²) in [5.74, 6) is -1.000. The molecule has 1 aromatic rings. The predicted octanol–water partition coefficient (Wildman–Crippen LogP) is 0.423. The van der Waals surface area contributed by atoms with E-state index < -0.39 is 5.97 Å². The van der Waals surface area contributed by atoms with Crippen molar-refractivity contribution in [2.24, 2.45) is 0 Å². The number of carbonyl (C=O) groups is 1. The van der Waals surface area contributed by atoms with Gasteiger partial charge in [0.05, 0.1) is 11.6 Å². The van der Waals surface area contributed by atoms with Crippen LogP contribution in [0.4, 0.5) is 0 Å². The second-order valence-corrected chi connectivity index (χ2v) is 4.17. The van der Waals surface area contributed by atoms with E-state index in [1.807, 2.05) is 7.05 Å². The summed E-state index contributed by atoms with van der Waals surface area (Å²) in [6, 6.07) is 2.76. The van der Waals surface area contributed by atoms with Crippen LogP contribution in [0.1, 0.15) is 22.8 Å². The molecule has 1 N–H and O–H groups in total. The van der Waals surface area contributed by atoms with Crippen LogP contribution in [0.2, 0.25) is 0 Å². The third kappa shape index (κ3) is 1.99. The highest BCUT2D eigenvalue weighted by molar-refractivity contribution is 5.87. The first-order valence-electron chi connectivity index (χ1n) is 5.22. The topological polar surface area (TPSA) is 62.5 Å². The van der Waals surface area contributed by atoms with Crippen molar-refractivity contribution in [3.8, 4) is 0 Å². The number of likely N-dealkylation sites (N-methyl/N-ethyl adjacent to an activating group) is 1. The zero-order chi connectivity index (χ0) is 11.7. The van der Waals surface area contributed by atoms with Crippen LogP contribution in [0.15, 0.2) is 23.1 Å². The van der Waals surface area contributed by atoms with Gasteiger partial charge in [0.25, 0.3) is 5.56 Å². The summed E-state index contributed by atoms with van der Waals surface area (Å²) in [5.41, 5.74) is 0.0273. The molecule has 16 heavy (non-hydrogen) atoms. The first-order valence-corrected chi connectivity index (χ1v) is 5.22. The normalized spacial score (nSPS) is 21.2. The summed E-state index contributed by atoms with van der Waals surface area (Å²) in [4.78, 5) is 24.6. The average Bonchev–Trinajstić information content (AvgIpc) is 2.65. The molecule has 0 spiro atoms. The Labute approximate surface area is 92.9 Å². The average molecular weight is 222 g/mol. The molecule has 2 heterocycles. The van der Waals surface area contributed by atoms with Gasteiger partial charge in [-0.25, -0.2) is 4.79 Å². The maximum atomic E-state index is 11.6. The summed E-state index contributed by atoms with van der Waals surface area (Å²) in [6.45, 7) is 1.73. The monoisotopic (exact) mass is 222 g/mol. The Hall–Kier alpha value is -1.62. The number of hydrogen-bond acceptors (Lipinski definition) is 3. The maximum Gasteiger partial charge on any atom is 0.337 e. The van der Waals surface area contributed by atoms with E-state index in [2.05, 4.69) is 4.90 Å². The number of carboxylic acid groups (broad SMARTS) is 1. The minimum absolute atomic E-state index is 0.0943. The Balaban J connectivity index is 2.36. The number of aromatic nitrogens is 1. The summed E-state index contributed by atoms with van der Waals surface area (Å²) < 4.78 is 1.53. The Morgan fingerprint density at radius 2 is 2.25 bits per heavy atom. The minimum atomic E-state index is -1.000. The van der Waals surface area contributed by atoms with Crippen molar-refractivity contribution in [2.45, 2.75) is 12.5 Å². The van der Waals surface area contributed by atoms with Crippen molar-refractivity contribution in [3.05, 3.63) is 34.2 Å². The number of hydrogen-bond donors (Lipinski definition) is 1. The van der Waals surface area contributed by atoms with Crippen LogP contribution in [0, 0.1) is 0 Å². The van der Waals surface area contributed by atoms with Gasteiger partial charge in [-0.1, -0.05) is 0 Å². The van der Waals surface area contributed by atoms with Crippen LogP contribution in [0.3, 0.4) is 0 Å². The lowest BCUT2D eigenvalue weighted by atomic mass is 10.2. The largest absolute Gasteiger partial charge is 0.478 e. The Kier molecular flexibility index (Phi) is 2.78. The second kappa shape index (κ2) is 4.09. The first kappa shape index (κ1) is 10.9. The molecular weight excluding hydrogens is 208 g/mol. The lowest BCUT2D eigenvalue weighted by Crippen LogP contribution is -2.26. The highest BCUT2D eigenvalue weighted by Gasteiger charge is 2.22. The number of nitrogens with zero attached hydrogens (tertiary/aromatic N) is 2. The number of rotatable bonds is 2. The third-order valence-corrected chi connectivity index (χ3v) is 2.94. The van der Waals surface area contributed by atoms with Crippen LogP contribution < -0.4 is 5.56 Å². The molecule has 2 rings (SSSR count). The SMILES string of the molecule is CN1CCC(n2cc(C(=O)O)ccc2=O)C1. The molecule has 5 nitrogen and oxygen atoms in total. The third-order valence-electron chi connectivity index (χ3n) is 2.94. The summed E-state index contributed by atoms with van der Waals surface area (Å²) in [7, 11) is 1.99. The van der Waals surface area contributed by atoms with Crippen molar-refractivity contribution < 1.29 is 9.90 Å². The van der Waals surface area contributed by atoms with Crippen LogP contribution >= 0.6 is 0 Å². The summed E-state index contributed by atoms with van der Waals surface area (Å²) in [5, 5.41) is 8.87. The fourth-order valence-corrected chi connectivity index (χ4v) is 2.05. The molecule has 1 aromatic heterocycles. The van der Waals surface area contributed by atoms with Crippen LogP contribution in [0.25, 0.3) is 0 Å². The van der Waals surface area contributed by atoms with Crippen molar-refractivity contribution in [1.82, 2.24) is 9.47 Å². The molecule has 1 aliphatic heterocycles. The molecule has 5 heteroatoms. The Morgan fingerprint density at radius 1 is 1.50 bits per heavy atom. The van der Waals surface area contributed by atoms with Gasteiger partial charge in [-0.3, -0.25) is 4.79 Å². The van der Waals surface area contributed by atoms with E-state index in [-0.39, 0.29) is 17.2 Å². The lowest BCUT2D eigenvalue weighted by Gasteiger charge is -2.14. The molecule has 1 aliphatic rings. The molecule has 0 aromatic carbocycles. The highest BCUT2D eigenvalue weighted by atomic mass is 16.4. The molecule has 0 saturated carbocycles. The number of pyridine rings is 1. The quantitative estimate of drug-likeness (QED) is 0.788. The van der Waals surface area contributed by atoms with Crippen molar-refractivity contribution in [2.75, 3.05) is 20.1 Å². The van der Waals surface area contributed by atoms with E-state index in [1.165, 1.54) is 22.9 Å². The minimum Gasteiger partial charge on any atom is -0.478 e. The van der Waals surface area contributed by atoms with Crippen molar-refractivity contribution in [3.63, 3.8) is 0 Å². The molecule has 0 radical (unpaired) electrons. The standard InChI is InChI=1S/C11H14N2O3/c1-12-5-4-9(7-12)13-6-8(11(15)16)2-3-10(13)14/h2-3,6,9H,4-5,7H2,1H3,(H,15,16). The van der Waals surface area contributed by atoms with E-state index in [4.69, 9.17) is 5.11 Å². The van der Waals surface area contributed by atoms with E-state index in [9.17, 15) is 9.59 Å². The van der Waals surface area contributed by atoms with Gasteiger partial charge in [0.2, 0.25) is 0 Å². The smallest absolute Gasteiger partial charge is 0.337 e. The van der Waals surface area contributed by atoms with Crippen LogP contribution in [-0.2, 0) is 0 Å². The lowest BCUT2D eigenvalue weighted by molar-refractivity contribution is 0.0695. The highest BCUT2D eigenvalue weighted by Crippen LogP contribution is 2.18. The van der Waals surface area contributed by atoms with Gasteiger partial charge in [0.15, 0.2) is 0 Å². The summed E-state index contributed by atoms with van der Waals surface area (Å²) >= 11 is 0. The maximum absolute atomic E-state index is 11.6. The van der Waals surface area contributed by atoms with Crippen LogP contribution in [0.5, 0.6) is 0 Å². The first-order chi connectivity index (χ1) is 7.58. The predicted molar refractivity (Wildman–Crippen MR) is 58.8 cm³/mol. The molecule has 1 unspecified atom stereocenters. The Bertz CT molecular complexity index is 467. The molecule has 0 amide bonds. The molecule has 0 aliphatic carbocycles. The van der Waals surface area contributed by atoms with Gasteiger partial charge in [-0.15, -0.1) is 0 Å². The van der Waals surface area contributed by atoms with E-state index in [0.717, 1.165) is 19.5 Å². The zero-order valence-electron chi connectivity index (χ0n) is 9.09. The van der Waals surface area contributed by atoms with E-state index in [0.29, 0.717) is 0 Å². The van der Waals surface area contributed by atoms with E-state index >= 15 is 0 Å². The molecule has 1 fully saturated rings. The van der Waals surface area contributed by atoms with Gasteiger partial charge in [0, 0.05) is 18.8 Å². The van der Waals surface area contributed by atoms with E-state index in [1.54, 1.807) is 0 Å². The van der Waals surface area contributed by atoms with Crippen molar-refractivity contribution >= 4 is 5.97 Å². The molecule has 0 bridgehead atoms. The molecule has 86 valence electrons. The number of aromatic carboxylic acids is 1. The van der Waals surface area contributed by atoms with Gasteiger partial charge < -0.3 is 14.6 Å². The van der Waals surface area contributed by atoms with Gasteiger partial charge in [-0.2, -0.15) is 0 Å². The number of likely N-dealkylation sites (tertiary alicyclic amines) is 1. The zero-order valence-corrected chi connectivity index (χ0v) is 9.09. The second-order valence-electron chi connectivity index (χ2n) is 4.17. The number of carboxylic acids is 1. The van der Waals surface area contributed by atoms with Gasteiger partial charge in [0.1, 0.15) is 0 Å². The van der Waals surface area contributed by atoms with Crippen molar-refractivity contribution in [1.29, 1.82) is 0 Å². The summed E-state index contributed by atoms with van der Waals surface area (Å²) in [6.07, 6.45) is 2.33. The molecule has 1 saturated heterocycles. The van der Waals surface area contributed by atoms with Gasteiger partial charge in [-0.05, 0) is 26.1 Å². The fourth-order valence-electron chi connectivity index (χ4n) is 2.05.